The van der Waals surface area contributed by atoms with Gasteiger partial charge in [-0.15, -0.1) is 0 Å². The van der Waals surface area contributed by atoms with Gasteiger partial charge in [-0.05, 0) is 55.3 Å². The number of ether oxygens (including phenoxy) is 1. The van der Waals surface area contributed by atoms with Crippen LogP contribution in [-0.2, 0) is 14.6 Å². The first-order valence-corrected chi connectivity index (χ1v) is 11.2. The zero-order valence-corrected chi connectivity index (χ0v) is 17.3. The summed E-state index contributed by atoms with van der Waals surface area (Å²) < 4.78 is 43.4. The van der Waals surface area contributed by atoms with Gasteiger partial charge in [0.05, 0.1) is 5.25 Å². The molecule has 0 radical (unpaired) electrons. The number of nitrogens with one attached hydrogen (secondary N) is 1. The molecule has 3 rings (SSSR count). The normalized spacial score (nSPS) is 14.9. The second kappa shape index (κ2) is 9.25. The predicted octanol–water partition coefficient (Wildman–Crippen LogP) is 2.38. The van der Waals surface area contributed by atoms with E-state index in [9.17, 15) is 22.4 Å². The molecule has 0 bridgehead atoms. The fraction of sp³-hybridized carbons (Fsp3) is 0.333. The van der Waals surface area contributed by atoms with E-state index in [4.69, 9.17) is 4.74 Å². The number of amides is 2. The molecule has 0 atom stereocenters. The summed E-state index contributed by atoms with van der Waals surface area (Å²) >= 11 is 0. The number of rotatable bonds is 6. The molecule has 0 aliphatic carbocycles. The monoisotopic (exact) mass is 434 g/mol. The highest BCUT2D eigenvalue weighted by atomic mass is 32.2. The maximum Gasteiger partial charge on any atom is 0.253 e. The zero-order chi connectivity index (χ0) is 21.7. The first kappa shape index (κ1) is 21.8. The van der Waals surface area contributed by atoms with Crippen LogP contribution in [0.2, 0.25) is 0 Å². The summed E-state index contributed by atoms with van der Waals surface area (Å²) in [5.41, 5.74) is 0.418. The largest absolute Gasteiger partial charge is 0.457 e. The fourth-order valence-electron chi connectivity index (χ4n) is 3.30. The molecule has 2 aromatic rings. The Morgan fingerprint density at radius 2 is 1.77 bits per heavy atom. The molecule has 1 aliphatic rings. The summed E-state index contributed by atoms with van der Waals surface area (Å²) in [7, 11) is -2.15. The van der Waals surface area contributed by atoms with E-state index in [1.807, 2.05) is 0 Å². The van der Waals surface area contributed by atoms with Crippen molar-refractivity contribution in [2.45, 2.75) is 18.1 Å². The van der Waals surface area contributed by atoms with Gasteiger partial charge in [-0.3, -0.25) is 9.59 Å². The lowest BCUT2D eigenvalue weighted by molar-refractivity contribution is -0.118. The van der Waals surface area contributed by atoms with Gasteiger partial charge in [-0.1, -0.05) is 6.07 Å². The van der Waals surface area contributed by atoms with E-state index in [0.29, 0.717) is 30.2 Å². The van der Waals surface area contributed by atoms with Crippen molar-refractivity contribution in [3.8, 4) is 11.5 Å². The minimum Gasteiger partial charge on any atom is -0.457 e. The van der Waals surface area contributed by atoms with Gasteiger partial charge in [0.25, 0.3) is 5.91 Å². The van der Waals surface area contributed by atoms with Crippen LogP contribution < -0.4 is 10.1 Å². The van der Waals surface area contributed by atoms with Crippen LogP contribution in [0.15, 0.2) is 48.5 Å². The van der Waals surface area contributed by atoms with Crippen LogP contribution in [0.3, 0.4) is 0 Å². The van der Waals surface area contributed by atoms with Gasteiger partial charge in [-0.25, -0.2) is 12.8 Å². The van der Waals surface area contributed by atoms with Crippen LogP contribution in [0.1, 0.15) is 23.2 Å². The standard InChI is InChI=1S/C21H23FN2O5S/c1-23-20(25)14-30(27,28)19-9-11-24(12-10-19)21(26)15-3-2-4-18(13-15)29-17-7-5-16(22)6-8-17/h2-8,13,19H,9-12,14H2,1H3,(H,23,25). The predicted molar refractivity (Wildman–Crippen MR) is 110 cm³/mol. The van der Waals surface area contributed by atoms with Crippen molar-refractivity contribution < 1.29 is 27.1 Å². The van der Waals surface area contributed by atoms with Crippen molar-refractivity contribution in [1.29, 1.82) is 0 Å². The van der Waals surface area contributed by atoms with Gasteiger partial charge in [0.15, 0.2) is 9.84 Å². The second-order valence-electron chi connectivity index (χ2n) is 7.06. The zero-order valence-electron chi connectivity index (χ0n) is 16.5. The van der Waals surface area contributed by atoms with Gasteiger partial charge in [-0.2, -0.15) is 0 Å². The molecule has 0 spiro atoms. The maximum atomic E-state index is 13.0. The molecule has 30 heavy (non-hydrogen) atoms. The van der Waals surface area contributed by atoms with E-state index in [1.54, 1.807) is 29.2 Å². The Balaban J connectivity index is 1.62. The van der Waals surface area contributed by atoms with Crippen molar-refractivity contribution in [1.82, 2.24) is 10.2 Å². The molecule has 0 saturated carbocycles. The van der Waals surface area contributed by atoms with Gasteiger partial charge < -0.3 is 15.0 Å². The van der Waals surface area contributed by atoms with Crippen molar-refractivity contribution >= 4 is 21.7 Å². The number of likely N-dealkylation sites (tertiary alicyclic amines) is 1. The highest BCUT2D eigenvalue weighted by Gasteiger charge is 2.33. The van der Waals surface area contributed by atoms with Crippen LogP contribution in [0.4, 0.5) is 4.39 Å². The Morgan fingerprint density at radius 3 is 2.40 bits per heavy atom. The van der Waals surface area contributed by atoms with Crippen LogP contribution in [0.5, 0.6) is 11.5 Å². The highest BCUT2D eigenvalue weighted by Crippen LogP contribution is 2.25. The number of hydrogen-bond donors (Lipinski definition) is 1. The van der Waals surface area contributed by atoms with Crippen molar-refractivity contribution in [3.05, 3.63) is 59.9 Å². The summed E-state index contributed by atoms with van der Waals surface area (Å²) in [4.78, 5) is 25.9. The molecule has 2 amide bonds. The van der Waals surface area contributed by atoms with Crippen molar-refractivity contribution in [2.75, 3.05) is 25.9 Å². The first-order chi connectivity index (χ1) is 14.3. The quantitative estimate of drug-likeness (QED) is 0.754. The van der Waals surface area contributed by atoms with E-state index in [0.717, 1.165) is 0 Å². The molecule has 2 aromatic carbocycles. The number of carbonyl (C=O) groups is 2. The molecule has 0 aromatic heterocycles. The molecule has 9 heteroatoms. The third-order valence-corrected chi connectivity index (χ3v) is 7.13. The number of sulfone groups is 1. The molecule has 7 nitrogen and oxygen atoms in total. The smallest absolute Gasteiger partial charge is 0.253 e. The number of carbonyl (C=O) groups excluding carboxylic acids is 2. The number of halogens is 1. The Morgan fingerprint density at radius 1 is 1.10 bits per heavy atom. The van der Waals surface area contributed by atoms with Gasteiger partial charge in [0.2, 0.25) is 5.91 Å². The lowest BCUT2D eigenvalue weighted by atomic mass is 10.1. The fourth-order valence-corrected chi connectivity index (χ4v) is 4.98. The average Bonchev–Trinajstić information content (AvgIpc) is 2.75. The maximum absolute atomic E-state index is 13.0. The van der Waals surface area contributed by atoms with E-state index in [-0.39, 0.29) is 24.6 Å². The first-order valence-electron chi connectivity index (χ1n) is 9.53. The van der Waals surface area contributed by atoms with Crippen LogP contribution in [0.25, 0.3) is 0 Å². The molecular formula is C21H23FN2O5S. The number of piperidine rings is 1. The molecule has 1 saturated heterocycles. The third kappa shape index (κ3) is 5.35. The van der Waals surface area contributed by atoms with Crippen LogP contribution in [0, 0.1) is 5.82 Å². The molecule has 160 valence electrons. The van der Waals surface area contributed by atoms with Crippen molar-refractivity contribution in [3.63, 3.8) is 0 Å². The lowest BCUT2D eigenvalue weighted by Crippen LogP contribution is -2.44. The lowest BCUT2D eigenvalue weighted by Gasteiger charge is -2.31. The summed E-state index contributed by atoms with van der Waals surface area (Å²) in [6.07, 6.45) is 0.577. The molecule has 1 aliphatic heterocycles. The minimum absolute atomic E-state index is 0.221. The summed E-state index contributed by atoms with van der Waals surface area (Å²) in [5.74, 6) is -0.774. The minimum atomic E-state index is -3.55. The Hall–Kier alpha value is -2.94. The SMILES string of the molecule is CNC(=O)CS(=O)(=O)C1CCN(C(=O)c2cccc(Oc3ccc(F)cc3)c2)CC1. The molecule has 0 unspecified atom stereocenters. The summed E-state index contributed by atoms with van der Waals surface area (Å²) in [6.45, 7) is 0.582. The number of hydrogen-bond acceptors (Lipinski definition) is 5. The van der Waals surface area contributed by atoms with E-state index >= 15 is 0 Å². The van der Waals surface area contributed by atoms with Crippen molar-refractivity contribution in [2.24, 2.45) is 0 Å². The molecule has 1 heterocycles. The molecular weight excluding hydrogens is 411 g/mol. The Kier molecular flexibility index (Phi) is 6.71. The Labute approximate surface area is 174 Å². The van der Waals surface area contributed by atoms with E-state index < -0.39 is 26.7 Å². The second-order valence-corrected chi connectivity index (χ2v) is 9.34. The van der Waals surface area contributed by atoms with E-state index in [2.05, 4.69) is 5.32 Å². The Bertz CT molecular complexity index is 1020. The van der Waals surface area contributed by atoms with Gasteiger partial charge in [0, 0.05) is 25.7 Å². The number of benzene rings is 2. The molecule has 1 N–H and O–H groups in total. The summed E-state index contributed by atoms with van der Waals surface area (Å²) in [6, 6.07) is 12.2. The highest BCUT2D eigenvalue weighted by molar-refractivity contribution is 7.92. The molecule has 1 fully saturated rings. The van der Waals surface area contributed by atoms with E-state index in [1.165, 1.54) is 31.3 Å². The number of nitrogens with zero attached hydrogens (tertiary/aromatic N) is 1. The van der Waals surface area contributed by atoms with Crippen LogP contribution in [-0.4, -0.2) is 56.3 Å². The van der Waals surface area contributed by atoms with Gasteiger partial charge in [0.1, 0.15) is 23.1 Å². The topological polar surface area (TPSA) is 92.8 Å². The summed E-state index contributed by atoms with van der Waals surface area (Å²) in [5, 5.41) is 1.69. The third-order valence-electron chi connectivity index (χ3n) is 4.98. The van der Waals surface area contributed by atoms with Gasteiger partial charge >= 0.3 is 0 Å². The van der Waals surface area contributed by atoms with Crippen LogP contribution >= 0.6 is 0 Å². The average molecular weight is 434 g/mol.